The van der Waals surface area contributed by atoms with E-state index in [4.69, 9.17) is 4.43 Å². The average molecular weight is 308 g/mol. The molecule has 1 nitrogen and oxygen atoms in total. The first-order valence-corrected chi connectivity index (χ1v) is 11.1. The highest BCUT2D eigenvalue weighted by Gasteiger charge is 2.16. The summed E-state index contributed by atoms with van der Waals surface area (Å²) in [5.41, 5.74) is 2.49. The third-order valence-electron chi connectivity index (χ3n) is 3.05. The molecule has 0 heterocycles. The lowest BCUT2D eigenvalue weighted by molar-refractivity contribution is 0.440. The van der Waals surface area contributed by atoms with Gasteiger partial charge in [0.2, 0.25) is 8.32 Å². The topological polar surface area (TPSA) is 9.23 Å². The Morgan fingerprint density at radius 3 is 2.09 bits per heavy atom. The fraction of sp³-hybridized carbons (Fsp3) is 0.200. The second-order valence-electron chi connectivity index (χ2n) is 6.25. The Balaban J connectivity index is 2.13. The minimum absolute atomic E-state index is 0.889. The zero-order chi connectivity index (χ0) is 15.8. The van der Waals surface area contributed by atoms with Crippen LogP contribution in [0.15, 0.2) is 78.6 Å². The maximum atomic E-state index is 6.19. The van der Waals surface area contributed by atoms with E-state index in [1.54, 1.807) is 0 Å². The van der Waals surface area contributed by atoms with E-state index in [1.165, 1.54) is 11.1 Å². The van der Waals surface area contributed by atoms with Gasteiger partial charge in [-0.2, -0.15) is 0 Å². The molecule has 0 saturated heterocycles. The van der Waals surface area contributed by atoms with Crippen molar-refractivity contribution in [2.75, 3.05) is 0 Å². The van der Waals surface area contributed by atoms with Crippen molar-refractivity contribution in [3.63, 3.8) is 0 Å². The zero-order valence-electron chi connectivity index (χ0n) is 13.6. The van der Waals surface area contributed by atoms with Crippen LogP contribution in [0.5, 0.6) is 0 Å². The van der Waals surface area contributed by atoms with Gasteiger partial charge in [-0.1, -0.05) is 66.7 Å². The Morgan fingerprint density at radius 1 is 0.909 bits per heavy atom. The van der Waals surface area contributed by atoms with Gasteiger partial charge in [0.05, 0.1) is 5.76 Å². The van der Waals surface area contributed by atoms with Crippen LogP contribution in [-0.2, 0) is 10.8 Å². The second kappa shape index (κ2) is 7.81. The standard InChI is InChI=1S/C20H24OSi/c1-22(2,3)21-20(16-14-18-10-6-4-7-11-18)17-15-19-12-8-5-9-13-19/h4-14,16-17H,15H2,1-3H3/b16-14+,20-17-. The third kappa shape index (κ3) is 6.14. The maximum absolute atomic E-state index is 6.19. The molecule has 2 aromatic carbocycles. The maximum Gasteiger partial charge on any atom is 0.242 e. The highest BCUT2D eigenvalue weighted by atomic mass is 28.4. The molecule has 0 radical (unpaired) electrons. The summed E-state index contributed by atoms with van der Waals surface area (Å²) < 4.78 is 6.19. The molecule has 114 valence electrons. The normalized spacial score (nSPS) is 12.6. The predicted octanol–water partition coefficient (Wildman–Crippen LogP) is 5.68. The SMILES string of the molecule is C[Si](C)(C)OC(=C\Cc1ccccc1)/C=C/c1ccccc1. The molecule has 22 heavy (non-hydrogen) atoms. The summed E-state index contributed by atoms with van der Waals surface area (Å²) in [7, 11) is -1.62. The van der Waals surface area contributed by atoms with Crippen LogP contribution in [-0.4, -0.2) is 8.32 Å². The van der Waals surface area contributed by atoms with Crippen LogP contribution in [0, 0.1) is 0 Å². The Morgan fingerprint density at radius 2 is 1.50 bits per heavy atom. The summed E-state index contributed by atoms with van der Waals surface area (Å²) in [6.45, 7) is 6.62. The lowest BCUT2D eigenvalue weighted by Gasteiger charge is -2.20. The molecule has 0 fully saturated rings. The largest absolute Gasteiger partial charge is 0.545 e. The molecule has 0 spiro atoms. The van der Waals surface area contributed by atoms with Crippen LogP contribution in [0.1, 0.15) is 11.1 Å². The fourth-order valence-electron chi connectivity index (χ4n) is 2.07. The lowest BCUT2D eigenvalue weighted by Crippen LogP contribution is -2.24. The van der Waals surface area contributed by atoms with Gasteiger partial charge in [-0.15, -0.1) is 0 Å². The van der Waals surface area contributed by atoms with Crippen molar-refractivity contribution in [2.45, 2.75) is 26.1 Å². The minimum atomic E-state index is -1.62. The number of hydrogen-bond acceptors (Lipinski definition) is 1. The Bertz CT molecular complexity index is 622. The molecule has 0 aliphatic heterocycles. The van der Waals surface area contributed by atoms with E-state index in [1.807, 2.05) is 24.3 Å². The number of benzene rings is 2. The van der Waals surface area contributed by atoms with E-state index in [0.717, 1.165) is 12.2 Å². The molecule has 0 bridgehead atoms. The van der Waals surface area contributed by atoms with Gasteiger partial charge in [0.1, 0.15) is 0 Å². The highest BCUT2D eigenvalue weighted by Crippen LogP contribution is 2.15. The van der Waals surface area contributed by atoms with E-state index >= 15 is 0 Å². The summed E-state index contributed by atoms with van der Waals surface area (Å²) in [6, 6.07) is 20.8. The van der Waals surface area contributed by atoms with Crippen molar-refractivity contribution in [2.24, 2.45) is 0 Å². The van der Waals surface area contributed by atoms with Crippen molar-refractivity contribution >= 4 is 14.4 Å². The first-order valence-electron chi connectivity index (χ1n) is 7.69. The minimum Gasteiger partial charge on any atom is -0.545 e. The van der Waals surface area contributed by atoms with Crippen LogP contribution in [0.25, 0.3) is 6.08 Å². The van der Waals surface area contributed by atoms with Crippen LogP contribution in [0.4, 0.5) is 0 Å². The molecule has 0 unspecified atom stereocenters. The van der Waals surface area contributed by atoms with E-state index in [9.17, 15) is 0 Å². The first-order chi connectivity index (χ1) is 10.5. The van der Waals surface area contributed by atoms with Gasteiger partial charge in [-0.05, 0) is 49.3 Å². The Labute approximate surface area is 135 Å². The predicted molar refractivity (Wildman–Crippen MR) is 98.1 cm³/mol. The highest BCUT2D eigenvalue weighted by molar-refractivity contribution is 6.70. The summed E-state index contributed by atoms with van der Waals surface area (Å²) in [4.78, 5) is 0. The van der Waals surface area contributed by atoms with Crippen molar-refractivity contribution in [3.8, 4) is 0 Å². The van der Waals surface area contributed by atoms with Crippen molar-refractivity contribution < 1.29 is 4.43 Å². The molecular formula is C20H24OSi. The second-order valence-corrected chi connectivity index (χ2v) is 10.7. The quantitative estimate of drug-likeness (QED) is 0.379. The molecule has 2 aromatic rings. The van der Waals surface area contributed by atoms with Gasteiger partial charge in [0.25, 0.3) is 0 Å². The number of rotatable bonds is 6. The molecule has 2 rings (SSSR count). The van der Waals surface area contributed by atoms with Gasteiger partial charge in [0, 0.05) is 0 Å². The summed E-state index contributed by atoms with van der Waals surface area (Å²) in [5, 5.41) is 0. The van der Waals surface area contributed by atoms with Crippen LogP contribution in [0.3, 0.4) is 0 Å². The molecule has 0 saturated carbocycles. The van der Waals surface area contributed by atoms with Crippen molar-refractivity contribution in [1.29, 1.82) is 0 Å². The molecule has 0 atom stereocenters. The molecule has 0 aliphatic rings. The Kier molecular flexibility index (Phi) is 5.79. The van der Waals surface area contributed by atoms with Gasteiger partial charge < -0.3 is 4.43 Å². The lowest BCUT2D eigenvalue weighted by atomic mass is 10.1. The van der Waals surface area contributed by atoms with Gasteiger partial charge in [0.15, 0.2) is 0 Å². The monoisotopic (exact) mass is 308 g/mol. The fourth-order valence-corrected chi connectivity index (χ4v) is 2.93. The van der Waals surface area contributed by atoms with Crippen molar-refractivity contribution in [3.05, 3.63) is 89.7 Å². The molecule has 0 N–H and O–H groups in total. The van der Waals surface area contributed by atoms with Crippen LogP contribution in [0.2, 0.25) is 19.6 Å². The summed E-state index contributed by atoms with van der Waals surface area (Å²) in [6.07, 6.45) is 7.25. The smallest absolute Gasteiger partial charge is 0.242 e. The zero-order valence-corrected chi connectivity index (χ0v) is 14.6. The van der Waals surface area contributed by atoms with Crippen molar-refractivity contribution in [1.82, 2.24) is 0 Å². The number of hydrogen-bond donors (Lipinski definition) is 0. The molecule has 0 aromatic heterocycles. The van der Waals surface area contributed by atoms with E-state index in [0.29, 0.717) is 0 Å². The third-order valence-corrected chi connectivity index (χ3v) is 3.89. The van der Waals surface area contributed by atoms with Gasteiger partial charge in [-0.25, -0.2) is 0 Å². The average Bonchev–Trinajstić information content (AvgIpc) is 2.51. The summed E-state index contributed by atoms with van der Waals surface area (Å²) in [5.74, 6) is 0.965. The van der Waals surface area contributed by atoms with Gasteiger partial charge in [-0.3, -0.25) is 0 Å². The van der Waals surface area contributed by atoms with E-state index in [2.05, 4.69) is 74.3 Å². The Hall–Kier alpha value is -2.06. The van der Waals surface area contributed by atoms with Crippen LogP contribution >= 0.6 is 0 Å². The van der Waals surface area contributed by atoms with E-state index in [-0.39, 0.29) is 0 Å². The van der Waals surface area contributed by atoms with Gasteiger partial charge >= 0.3 is 0 Å². The molecular weight excluding hydrogens is 284 g/mol. The molecule has 2 heteroatoms. The van der Waals surface area contributed by atoms with E-state index < -0.39 is 8.32 Å². The molecule has 0 amide bonds. The molecule has 0 aliphatic carbocycles. The number of allylic oxidation sites excluding steroid dienone is 2. The first kappa shape index (κ1) is 16.3. The van der Waals surface area contributed by atoms with Crippen LogP contribution < -0.4 is 0 Å². The summed E-state index contributed by atoms with van der Waals surface area (Å²) >= 11 is 0.